The molecule has 3 N–H and O–H groups in total. The lowest BCUT2D eigenvalue weighted by Crippen LogP contribution is -2.55. The van der Waals surface area contributed by atoms with Crippen molar-refractivity contribution in [1.82, 2.24) is 15.1 Å². The van der Waals surface area contributed by atoms with E-state index in [9.17, 15) is 9.59 Å². The number of hydrogen-bond acceptors (Lipinski definition) is 4. The van der Waals surface area contributed by atoms with E-state index in [0.29, 0.717) is 25.7 Å². The molecular weight excluding hydrogens is 268 g/mol. The fraction of sp³-hybridized carbons (Fsp3) is 0.867. The lowest BCUT2D eigenvalue weighted by molar-refractivity contribution is -0.135. The van der Waals surface area contributed by atoms with E-state index in [0.717, 1.165) is 32.4 Å². The molecule has 0 aromatic rings. The minimum absolute atomic E-state index is 0.0476. The molecule has 1 saturated heterocycles. The number of carbonyl (C=O) groups is 2. The van der Waals surface area contributed by atoms with Gasteiger partial charge in [0.2, 0.25) is 11.8 Å². The molecule has 1 heterocycles. The second kappa shape index (κ2) is 7.22. The summed E-state index contributed by atoms with van der Waals surface area (Å²) in [6, 6.07) is 0.00797. The Morgan fingerprint density at radius 1 is 1.24 bits per heavy atom. The van der Waals surface area contributed by atoms with E-state index in [4.69, 9.17) is 5.73 Å². The first-order valence-electron chi connectivity index (χ1n) is 8.07. The van der Waals surface area contributed by atoms with Gasteiger partial charge in [0.05, 0.1) is 12.6 Å². The summed E-state index contributed by atoms with van der Waals surface area (Å²) in [6.45, 7) is 7.33. The molecule has 1 aliphatic carbocycles. The number of carbonyl (C=O) groups excluding carboxylic acids is 2. The van der Waals surface area contributed by atoms with Gasteiger partial charge in [-0.3, -0.25) is 14.5 Å². The van der Waals surface area contributed by atoms with Crippen LogP contribution in [0.5, 0.6) is 0 Å². The van der Waals surface area contributed by atoms with E-state index < -0.39 is 6.04 Å². The predicted molar refractivity (Wildman–Crippen MR) is 81.6 cm³/mol. The maximum atomic E-state index is 12.3. The van der Waals surface area contributed by atoms with Crippen molar-refractivity contribution in [3.05, 3.63) is 0 Å². The molecular formula is C15H28N4O2. The summed E-state index contributed by atoms with van der Waals surface area (Å²) >= 11 is 0. The van der Waals surface area contributed by atoms with Crippen molar-refractivity contribution in [1.29, 1.82) is 0 Å². The van der Waals surface area contributed by atoms with Crippen LogP contribution in [0, 0.1) is 5.92 Å². The number of amides is 2. The molecule has 2 amide bonds. The minimum Gasteiger partial charge on any atom is -0.352 e. The third-order valence-corrected chi connectivity index (χ3v) is 4.54. The van der Waals surface area contributed by atoms with E-state index in [-0.39, 0.29) is 17.7 Å². The van der Waals surface area contributed by atoms with Gasteiger partial charge in [0, 0.05) is 32.2 Å². The lowest BCUT2D eigenvalue weighted by Gasteiger charge is -2.36. The maximum absolute atomic E-state index is 12.3. The normalized spacial score (nSPS) is 22.7. The van der Waals surface area contributed by atoms with Gasteiger partial charge in [-0.15, -0.1) is 0 Å². The van der Waals surface area contributed by atoms with Crippen LogP contribution in [-0.2, 0) is 9.59 Å². The molecule has 120 valence electrons. The summed E-state index contributed by atoms with van der Waals surface area (Å²) in [4.78, 5) is 28.0. The van der Waals surface area contributed by atoms with Crippen molar-refractivity contribution < 1.29 is 9.59 Å². The Kier molecular flexibility index (Phi) is 5.58. The summed E-state index contributed by atoms with van der Waals surface area (Å²) in [6.07, 6.45) is 3.14. The highest BCUT2D eigenvalue weighted by Crippen LogP contribution is 2.18. The van der Waals surface area contributed by atoms with Crippen LogP contribution in [0.15, 0.2) is 0 Å². The molecule has 6 heteroatoms. The average Bonchev–Trinajstić information content (AvgIpc) is 3.29. The summed E-state index contributed by atoms with van der Waals surface area (Å²) < 4.78 is 0. The largest absolute Gasteiger partial charge is 0.352 e. The van der Waals surface area contributed by atoms with Gasteiger partial charge in [-0.25, -0.2) is 0 Å². The average molecular weight is 296 g/mol. The van der Waals surface area contributed by atoms with Crippen molar-refractivity contribution in [2.75, 3.05) is 32.7 Å². The molecule has 2 atom stereocenters. The first kappa shape index (κ1) is 16.2. The fourth-order valence-electron chi connectivity index (χ4n) is 2.54. The van der Waals surface area contributed by atoms with Gasteiger partial charge in [-0.2, -0.15) is 0 Å². The van der Waals surface area contributed by atoms with E-state index >= 15 is 0 Å². The SMILES string of the molecule is CCC(C)C(N)C(=O)N1CCN(CC(=O)NC2CC2)CC1. The van der Waals surface area contributed by atoms with Crippen molar-refractivity contribution in [2.45, 2.75) is 45.2 Å². The zero-order valence-electron chi connectivity index (χ0n) is 13.2. The highest BCUT2D eigenvalue weighted by atomic mass is 16.2. The van der Waals surface area contributed by atoms with Crippen LogP contribution < -0.4 is 11.1 Å². The van der Waals surface area contributed by atoms with Gasteiger partial charge in [0.15, 0.2) is 0 Å². The molecule has 1 saturated carbocycles. The van der Waals surface area contributed by atoms with E-state index in [2.05, 4.69) is 10.2 Å². The van der Waals surface area contributed by atoms with Crippen molar-refractivity contribution >= 4 is 11.8 Å². The van der Waals surface area contributed by atoms with Crippen LogP contribution in [0.25, 0.3) is 0 Å². The van der Waals surface area contributed by atoms with Crippen LogP contribution in [-0.4, -0.2) is 66.4 Å². The predicted octanol–water partition coefficient (Wildman–Crippen LogP) is -0.217. The molecule has 6 nitrogen and oxygen atoms in total. The molecule has 1 aliphatic heterocycles. The van der Waals surface area contributed by atoms with Crippen LogP contribution >= 0.6 is 0 Å². The Hall–Kier alpha value is -1.14. The number of nitrogens with one attached hydrogen (secondary N) is 1. The Morgan fingerprint density at radius 3 is 2.38 bits per heavy atom. The number of piperazine rings is 1. The Labute approximate surface area is 127 Å². The third-order valence-electron chi connectivity index (χ3n) is 4.54. The quantitative estimate of drug-likeness (QED) is 0.710. The van der Waals surface area contributed by atoms with Crippen molar-refractivity contribution in [2.24, 2.45) is 11.7 Å². The molecule has 0 bridgehead atoms. The third kappa shape index (κ3) is 4.68. The Balaban J connectivity index is 1.71. The smallest absolute Gasteiger partial charge is 0.239 e. The van der Waals surface area contributed by atoms with E-state index in [1.54, 1.807) is 0 Å². The first-order valence-corrected chi connectivity index (χ1v) is 8.07. The number of rotatable bonds is 6. The Morgan fingerprint density at radius 2 is 1.86 bits per heavy atom. The molecule has 0 radical (unpaired) electrons. The van der Waals surface area contributed by atoms with Crippen LogP contribution in [0.3, 0.4) is 0 Å². The van der Waals surface area contributed by atoms with Crippen molar-refractivity contribution in [3.8, 4) is 0 Å². The molecule has 2 rings (SSSR count). The molecule has 2 fully saturated rings. The molecule has 0 aromatic carbocycles. The zero-order valence-corrected chi connectivity index (χ0v) is 13.2. The first-order chi connectivity index (χ1) is 10.0. The highest BCUT2D eigenvalue weighted by Gasteiger charge is 2.29. The van der Waals surface area contributed by atoms with E-state index in [1.807, 2.05) is 18.7 Å². The maximum Gasteiger partial charge on any atom is 0.239 e. The number of nitrogens with zero attached hydrogens (tertiary/aromatic N) is 2. The van der Waals surface area contributed by atoms with Gasteiger partial charge >= 0.3 is 0 Å². The lowest BCUT2D eigenvalue weighted by atomic mass is 9.98. The molecule has 0 aromatic heterocycles. The van der Waals surface area contributed by atoms with Crippen LogP contribution in [0.4, 0.5) is 0 Å². The van der Waals surface area contributed by atoms with Gasteiger partial charge in [0.25, 0.3) is 0 Å². The highest BCUT2D eigenvalue weighted by molar-refractivity contribution is 5.82. The number of hydrogen-bond donors (Lipinski definition) is 2. The molecule has 2 aliphatic rings. The monoisotopic (exact) mass is 296 g/mol. The van der Waals surface area contributed by atoms with E-state index in [1.165, 1.54) is 0 Å². The summed E-state index contributed by atoms with van der Waals surface area (Å²) in [5, 5.41) is 2.99. The zero-order chi connectivity index (χ0) is 15.4. The molecule has 21 heavy (non-hydrogen) atoms. The van der Waals surface area contributed by atoms with Crippen molar-refractivity contribution in [3.63, 3.8) is 0 Å². The van der Waals surface area contributed by atoms with Gasteiger partial charge in [-0.1, -0.05) is 20.3 Å². The van der Waals surface area contributed by atoms with Gasteiger partial charge in [-0.05, 0) is 18.8 Å². The van der Waals surface area contributed by atoms with Crippen LogP contribution in [0.2, 0.25) is 0 Å². The molecule has 2 unspecified atom stereocenters. The second-order valence-electron chi connectivity index (χ2n) is 6.35. The topological polar surface area (TPSA) is 78.7 Å². The summed E-state index contributed by atoms with van der Waals surface area (Å²) in [7, 11) is 0. The Bertz CT molecular complexity index is 376. The number of nitrogens with two attached hydrogens (primary N) is 1. The second-order valence-corrected chi connectivity index (χ2v) is 6.35. The fourth-order valence-corrected chi connectivity index (χ4v) is 2.54. The van der Waals surface area contributed by atoms with Gasteiger partial charge in [0.1, 0.15) is 0 Å². The minimum atomic E-state index is -0.403. The summed E-state index contributed by atoms with van der Waals surface area (Å²) in [5.41, 5.74) is 6.01. The van der Waals surface area contributed by atoms with Gasteiger partial charge < -0.3 is 16.0 Å². The summed E-state index contributed by atoms with van der Waals surface area (Å²) in [5.74, 6) is 0.361. The molecule has 0 spiro atoms. The van der Waals surface area contributed by atoms with Crippen LogP contribution in [0.1, 0.15) is 33.1 Å². The standard InChI is InChI=1S/C15H28N4O2/c1-3-11(2)14(16)15(21)19-8-6-18(7-9-19)10-13(20)17-12-4-5-12/h11-12,14H,3-10,16H2,1-2H3,(H,17,20).